The molecule has 4 aromatic heterocycles. The average Bonchev–Trinajstić information content (AvgIpc) is 3.47. The molecule has 1 amide bonds. The second-order valence-electron chi connectivity index (χ2n) is 5.20. The van der Waals surface area contributed by atoms with Gasteiger partial charge in [0.15, 0.2) is 12.4 Å². The van der Waals surface area contributed by atoms with Crippen molar-refractivity contribution in [1.82, 2.24) is 10.1 Å². The van der Waals surface area contributed by atoms with Crippen LogP contribution in [0.25, 0.3) is 11.4 Å². The van der Waals surface area contributed by atoms with Crippen LogP contribution in [-0.2, 0) is 11.3 Å². The topological polar surface area (TPSA) is 107 Å². The minimum atomic E-state index is -0.547. The molecule has 0 bridgehead atoms. The first-order valence-electron chi connectivity index (χ1n) is 7.66. The highest BCUT2D eigenvalue weighted by Crippen LogP contribution is 2.24. The lowest BCUT2D eigenvalue weighted by atomic mass is 10.3. The van der Waals surface area contributed by atoms with E-state index in [2.05, 4.69) is 15.5 Å². The molecule has 0 radical (unpaired) electrons. The van der Waals surface area contributed by atoms with Crippen LogP contribution < -0.4 is 5.32 Å². The number of aromatic nitrogens is 2. The lowest BCUT2D eigenvalue weighted by Gasteiger charge is -1.99. The molecule has 0 saturated carbocycles. The first kappa shape index (κ1) is 17.2. The molecule has 0 atom stereocenters. The minimum Gasteiger partial charge on any atom is -0.459 e. The van der Waals surface area contributed by atoms with E-state index in [9.17, 15) is 9.59 Å². The molecule has 10 heteroatoms. The molecule has 4 heterocycles. The Balaban J connectivity index is 1.34. The van der Waals surface area contributed by atoms with E-state index in [1.54, 1.807) is 24.3 Å². The van der Waals surface area contributed by atoms with E-state index in [0.29, 0.717) is 15.7 Å². The Morgan fingerprint density at radius 2 is 2.15 bits per heavy atom. The van der Waals surface area contributed by atoms with Gasteiger partial charge in [0.2, 0.25) is 5.82 Å². The standard InChI is InChI=1S/C17H11N3O5S2/c21-16(11-2-1-6-23-11)19-14-4-3-12(27-14)17(22)24-8-13-18-15(20-25-13)10-5-7-26-9-10/h1-7,9H,8H2,(H,19,21). The molecule has 27 heavy (non-hydrogen) atoms. The number of hydrogen-bond donors (Lipinski definition) is 1. The van der Waals surface area contributed by atoms with Crippen molar-refractivity contribution in [1.29, 1.82) is 0 Å². The summed E-state index contributed by atoms with van der Waals surface area (Å²) in [5.74, 6) is -0.110. The van der Waals surface area contributed by atoms with Crippen molar-refractivity contribution >= 4 is 39.6 Å². The fourth-order valence-electron chi connectivity index (χ4n) is 2.12. The third-order valence-electron chi connectivity index (χ3n) is 3.36. The van der Waals surface area contributed by atoms with Crippen molar-refractivity contribution < 1.29 is 23.3 Å². The zero-order valence-corrected chi connectivity index (χ0v) is 15.2. The molecular weight excluding hydrogens is 390 g/mol. The number of carbonyl (C=O) groups excluding carboxylic acids is 2. The Labute approximate surface area is 160 Å². The van der Waals surface area contributed by atoms with Crippen LogP contribution >= 0.6 is 22.7 Å². The number of rotatable bonds is 6. The van der Waals surface area contributed by atoms with Gasteiger partial charge in [0.1, 0.15) is 4.88 Å². The van der Waals surface area contributed by atoms with Crippen LogP contribution in [0, 0.1) is 0 Å². The monoisotopic (exact) mass is 401 g/mol. The van der Waals surface area contributed by atoms with Crippen LogP contribution in [0.5, 0.6) is 0 Å². The van der Waals surface area contributed by atoms with E-state index in [1.807, 2.05) is 16.8 Å². The van der Waals surface area contributed by atoms with Crippen LogP contribution in [-0.4, -0.2) is 22.0 Å². The SMILES string of the molecule is O=C(Nc1ccc(C(=O)OCc2nc(-c3ccsc3)no2)s1)c1ccco1. The third-order valence-corrected chi connectivity index (χ3v) is 5.03. The molecule has 4 aromatic rings. The Hall–Kier alpha value is -3.24. The summed E-state index contributed by atoms with van der Waals surface area (Å²) in [6.07, 6.45) is 1.41. The Kier molecular flexibility index (Phi) is 4.81. The van der Waals surface area contributed by atoms with Crippen LogP contribution in [0.4, 0.5) is 5.00 Å². The number of nitrogens with zero attached hydrogens (tertiary/aromatic N) is 2. The van der Waals surface area contributed by atoms with E-state index >= 15 is 0 Å². The van der Waals surface area contributed by atoms with Crippen molar-refractivity contribution in [2.45, 2.75) is 6.61 Å². The third kappa shape index (κ3) is 3.96. The van der Waals surface area contributed by atoms with Crippen LogP contribution in [0.2, 0.25) is 0 Å². The maximum absolute atomic E-state index is 12.2. The Morgan fingerprint density at radius 3 is 2.93 bits per heavy atom. The largest absolute Gasteiger partial charge is 0.459 e. The van der Waals surface area contributed by atoms with Crippen molar-refractivity contribution in [2.24, 2.45) is 0 Å². The van der Waals surface area contributed by atoms with E-state index in [1.165, 1.54) is 17.6 Å². The molecule has 0 aliphatic carbocycles. The molecule has 0 aliphatic rings. The highest BCUT2D eigenvalue weighted by molar-refractivity contribution is 7.18. The fourth-order valence-corrected chi connectivity index (χ4v) is 3.55. The van der Waals surface area contributed by atoms with Gasteiger partial charge in [-0.2, -0.15) is 16.3 Å². The van der Waals surface area contributed by atoms with Crippen LogP contribution in [0.3, 0.4) is 0 Å². The second-order valence-corrected chi connectivity index (χ2v) is 7.06. The summed E-state index contributed by atoms with van der Waals surface area (Å²) < 4.78 is 15.3. The predicted octanol–water partition coefficient (Wildman–Crippen LogP) is 4.06. The van der Waals surface area contributed by atoms with Gasteiger partial charge in [-0.25, -0.2) is 4.79 Å². The number of amides is 1. The number of hydrogen-bond acceptors (Lipinski definition) is 9. The van der Waals surface area contributed by atoms with E-state index in [0.717, 1.165) is 16.9 Å². The van der Waals surface area contributed by atoms with Crippen LogP contribution in [0.15, 0.2) is 56.3 Å². The van der Waals surface area contributed by atoms with Gasteiger partial charge in [-0.3, -0.25) is 4.79 Å². The maximum Gasteiger partial charge on any atom is 0.348 e. The highest BCUT2D eigenvalue weighted by atomic mass is 32.1. The zero-order chi connectivity index (χ0) is 18.6. The summed E-state index contributed by atoms with van der Waals surface area (Å²) in [6.45, 7) is -0.137. The molecule has 0 spiro atoms. The maximum atomic E-state index is 12.2. The first-order chi connectivity index (χ1) is 13.2. The molecular formula is C17H11N3O5S2. The highest BCUT2D eigenvalue weighted by Gasteiger charge is 2.16. The molecule has 0 unspecified atom stereocenters. The lowest BCUT2D eigenvalue weighted by molar-refractivity contribution is 0.0435. The minimum absolute atomic E-state index is 0.137. The number of esters is 1. The van der Waals surface area contributed by atoms with Gasteiger partial charge in [-0.05, 0) is 35.7 Å². The number of furan rings is 1. The van der Waals surface area contributed by atoms with Gasteiger partial charge in [-0.1, -0.05) is 5.16 Å². The number of nitrogens with one attached hydrogen (secondary N) is 1. The number of ether oxygens (including phenoxy) is 1. The van der Waals surface area contributed by atoms with Crippen LogP contribution in [0.1, 0.15) is 26.1 Å². The molecule has 136 valence electrons. The normalized spacial score (nSPS) is 10.7. The summed E-state index contributed by atoms with van der Waals surface area (Å²) in [6, 6.07) is 8.22. The van der Waals surface area contributed by atoms with Gasteiger partial charge in [0.05, 0.1) is 11.3 Å². The molecule has 8 nitrogen and oxygen atoms in total. The van der Waals surface area contributed by atoms with Crippen molar-refractivity contribution in [2.75, 3.05) is 5.32 Å². The summed E-state index contributed by atoms with van der Waals surface area (Å²) >= 11 is 2.61. The summed E-state index contributed by atoms with van der Waals surface area (Å²) in [4.78, 5) is 28.6. The molecule has 4 rings (SSSR count). The van der Waals surface area contributed by atoms with Gasteiger partial charge >= 0.3 is 5.97 Å². The van der Waals surface area contributed by atoms with E-state index < -0.39 is 11.9 Å². The summed E-state index contributed by atoms with van der Waals surface area (Å²) in [5.41, 5.74) is 0.844. The number of thiophene rings is 2. The molecule has 0 aromatic carbocycles. The van der Waals surface area contributed by atoms with Crippen molar-refractivity contribution in [3.63, 3.8) is 0 Å². The summed E-state index contributed by atoms with van der Waals surface area (Å²) in [7, 11) is 0. The zero-order valence-electron chi connectivity index (χ0n) is 13.6. The average molecular weight is 401 g/mol. The molecule has 0 fully saturated rings. The van der Waals surface area contributed by atoms with Crippen molar-refractivity contribution in [3.8, 4) is 11.4 Å². The first-order valence-corrected chi connectivity index (χ1v) is 9.42. The molecule has 1 N–H and O–H groups in total. The van der Waals surface area contributed by atoms with Gasteiger partial charge in [-0.15, -0.1) is 11.3 Å². The van der Waals surface area contributed by atoms with E-state index in [4.69, 9.17) is 13.7 Å². The van der Waals surface area contributed by atoms with Crippen molar-refractivity contribution in [3.05, 3.63) is 63.9 Å². The van der Waals surface area contributed by atoms with E-state index in [-0.39, 0.29) is 18.3 Å². The Bertz CT molecular complexity index is 1050. The smallest absolute Gasteiger partial charge is 0.348 e. The summed E-state index contributed by atoms with van der Waals surface area (Å²) in [5, 5.41) is 10.8. The predicted molar refractivity (Wildman–Crippen MR) is 97.7 cm³/mol. The molecule has 0 aliphatic heterocycles. The second kappa shape index (κ2) is 7.56. The molecule has 0 saturated heterocycles. The fraction of sp³-hybridized carbons (Fsp3) is 0.0588. The lowest BCUT2D eigenvalue weighted by Crippen LogP contribution is -2.09. The van der Waals surface area contributed by atoms with Gasteiger partial charge < -0.3 is 19.0 Å². The number of carbonyl (C=O) groups is 2. The number of anilines is 1. The van der Waals surface area contributed by atoms with Gasteiger partial charge in [0.25, 0.3) is 11.8 Å². The Morgan fingerprint density at radius 1 is 1.22 bits per heavy atom. The van der Waals surface area contributed by atoms with Gasteiger partial charge in [0, 0.05) is 10.9 Å². The quantitative estimate of drug-likeness (QED) is 0.485.